The zero-order chi connectivity index (χ0) is 8.81. The standard InChI is InChI=1S/C9H18N2O/c1-9(7-10-2)8-11-3-5-12-6-4-11/h10H,1,3-8H2,2H3. The molecule has 1 fully saturated rings. The topological polar surface area (TPSA) is 24.5 Å². The molecule has 1 N–H and O–H groups in total. The van der Waals surface area contributed by atoms with Crippen LogP contribution in [0.5, 0.6) is 0 Å². The molecule has 0 spiro atoms. The summed E-state index contributed by atoms with van der Waals surface area (Å²) >= 11 is 0. The van der Waals surface area contributed by atoms with Crippen molar-refractivity contribution in [3.63, 3.8) is 0 Å². The average Bonchev–Trinajstić information content (AvgIpc) is 2.06. The highest BCUT2D eigenvalue weighted by molar-refractivity contribution is 4.99. The minimum absolute atomic E-state index is 0.868. The third-order valence-electron chi connectivity index (χ3n) is 1.98. The Morgan fingerprint density at radius 1 is 1.50 bits per heavy atom. The predicted molar refractivity (Wildman–Crippen MR) is 50.3 cm³/mol. The summed E-state index contributed by atoms with van der Waals surface area (Å²) in [6.45, 7) is 9.74. The molecule has 0 radical (unpaired) electrons. The van der Waals surface area contributed by atoms with Crippen LogP contribution in [0, 0.1) is 0 Å². The minimum Gasteiger partial charge on any atom is -0.379 e. The third kappa shape index (κ3) is 3.34. The molecule has 1 rings (SSSR count). The van der Waals surface area contributed by atoms with Gasteiger partial charge in [0.05, 0.1) is 13.2 Å². The molecule has 1 aliphatic rings. The minimum atomic E-state index is 0.868. The van der Waals surface area contributed by atoms with Gasteiger partial charge in [-0.05, 0) is 12.6 Å². The van der Waals surface area contributed by atoms with Crippen molar-refractivity contribution in [2.45, 2.75) is 0 Å². The number of nitrogens with zero attached hydrogens (tertiary/aromatic N) is 1. The van der Waals surface area contributed by atoms with Gasteiger partial charge >= 0.3 is 0 Å². The van der Waals surface area contributed by atoms with Gasteiger partial charge in [0.1, 0.15) is 0 Å². The summed E-state index contributed by atoms with van der Waals surface area (Å²) in [4.78, 5) is 2.38. The lowest BCUT2D eigenvalue weighted by Crippen LogP contribution is -2.38. The van der Waals surface area contributed by atoms with Crippen molar-refractivity contribution in [3.8, 4) is 0 Å². The van der Waals surface area contributed by atoms with Gasteiger partial charge in [0.25, 0.3) is 0 Å². The van der Waals surface area contributed by atoms with Crippen LogP contribution in [0.3, 0.4) is 0 Å². The second-order valence-corrected chi connectivity index (χ2v) is 3.17. The first-order chi connectivity index (χ1) is 5.83. The van der Waals surface area contributed by atoms with Crippen LogP contribution in [0.25, 0.3) is 0 Å². The Labute approximate surface area is 74.4 Å². The highest BCUT2D eigenvalue weighted by atomic mass is 16.5. The Bertz CT molecular complexity index is 141. The molecule has 1 saturated heterocycles. The van der Waals surface area contributed by atoms with Crippen molar-refractivity contribution in [2.24, 2.45) is 0 Å². The van der Waals surface area contributed by atoms with Crippen LogP contribution in [0.1, 0.15) is 0 Å². The maximum absolute atomic E-state index is 5.25. The maximum atomic E-state index is 5.25. The molecule has 12 heavy (non-hydrogen) atoms. The summed E-state index contributed by atoms with van der Waals surface area (Å²) in [5, 5.41) is 3.10. The first-order valence-corrected chi connectivity index (χ1v) is 4.44. The van der Waals surface area contributed by atoms with E-state index in [4.69, 9.17) is 4.74 Å². The van der Waals surface area contributed by atoms with Crippen LogP contribution in [-0.2, 0) is 4.74 Å². The van der Waals surface area contributed by atoms with Crippen LogP contribution >= 0.6 is 0 Å². The number of morpholine rings is 1. The second kappa shape index (κ2) is 5.30. The molecule has 0 bridgehead atoms. The van der Waals surface area contributed by atoms with Gasteiger partial charge in [-0.3, -0.25) is 4.90 Å². The fourth-order valence-electron chi connectivity index (χ4n) is 1.38. The van der Waals surface area contributed by atoms with Crippen molar-refractivity contribution in [2.75, 3.05) is 46.4 Å². The van der Waals surface area contributed by atoms with Gasteiger partial charge in [-0.1, -0.05) is 6.58 Å². The predicted octanol–water partition coefficient (Wildman–Crippen LogP) is 0.0942. The molecule has 3 heteroatoms. The van der Waals surface area contributed by atoms with Gasteiger partial charge in [-0.2, -0.15) is 0 Å². The Balaban J connectivity index is 2.15. The van der Waals surface area contributed by atoms with Crippen LogP contribution in [0.15, 0.2) is 12.2 Å². The molecule has 0 aromatic carbocycles. The number of ether oxygens (including phenoxy) is 1. The van der Waals surface area contributed by atoms with Crippen LogP contribution < -0.4 is 5.32 Å². The largest absolute Gasteiger partial charge is 0.379 e. The van der Waals surface area contributed by atoms with Crippen LogP contribution in [0.2, 0.25) is 0 Å². The van der Waals surface area contributed by atoms with Gasteiger partial charge in [0.2, 0.25) is 0 Å². The molecule has 0 aliphatic carbocycles. The molecule has 0 atom stereocenters. The van der Waals surface area contributed by atoms with E-state index in [0.717, 1.165) is 39.4 Å². The molecule has 0 aromatic rings. The van der Waals surface area contributed by atoms with Crippen molar-refractivity contribution < 1.29 is 4.74 Å². The number of rotatable bonds is 4. The monoisotopic (exact) mass is 170 g/mol. The molecule has 0 unspecified atom stereocenters. The summed E-state index contributed by atoms with van der Waals surface area (Å²) in [5.41, 5.74) is 1.25. The third-order valence-corrected chi connectivity index (χ3v) is 1.98. The van der Waals surface area contributed by atoms with E-state index in [1.54, 1.807) is 0 Å². The molecule has 1 aliphatic heterocycles. The Hall–Kier alpha value is -0.380. The normalized spacial score (nSPS) is 19.4. The fourth-order valence-corrected chi connectivity index (χ4v) is 1.38. The summed E-state index contributed by atoms with van der Waals surface area (Å²) < 4.78 is 5.25. The summed E-state index contributed by atoms with van der Waals surface area (Å²) in [7, 11) is 1.95. The molecular weight excluding hydrogens is 152 g/mol. The quantitative estimate of drug-likeness (QED) is 0.605. The number of hydrogen-bond acceptors (Lipinski definition) is 3. The zero-order valence-electron chi connectivity index (χ0n) is 7.81. The Morgan fingerprint density at radius 3 is 2.75 bits per heavy atom. The van der Waals surface area contributed by atoms with Gasteiger partial charge in [0.15, 0.2) is 0 Å². The van der Waals surface area contributed by atoms with Gasteiger partial charge in [-0.15, -0.1) is 0 Å². The number of nitrogens with one attached hydrogen (secondary N) is 1. The Kier molecular flexibility index (Phi) is 4.29. The van der Waals surface area contributed by atoms with Crippen LogP contribution in [0.4, 0.5) is 0 Å². The lowest BCUT2D eigenvalue weighted by Gasteiger charge is -2.27. The molecule has 0 saturated carbocycles. The van der Waals surface area contributed by atoms with Crippen molar-refractivity contribution >= 4 is 0 Å². The van der Waals surface area contributed by atoms with Crippen LogP contribution in [-0.4, -0.2) is 51.3 Å². The van der Waals surface area contributed by atoms with Crippen molar-refractivity contribution in [1.82, 2.24) is 10.2 Å². The first kappa shape index (κ1) is 9.71. The summed E-state index contributed by atoms with van der Waals surface area (Å²) in [6.07, 6.45) is 0. The fraction of sp³-hybridized carbons (Fsp3) is 0.778. The molecule has 70 valence electrons. The summed E-state index contributed by atoms with van der Waals surface area (Å²) in [5.74, 6) is 0. The van der Waals surface area contributed by atoms with Gasteiger partial charge in [-0.25, -0.2) is 0 Å². The average molecular weight is 170 g/mol. The van der Waals surface area contributed by atoms with E-state index in [1.807, 2.05) is 7.05 Å². The molecule has 1 heterocycles. The Morgan fingerprint density at radius 2 is 2.17 bits per heavy atom. The van der Waals surface area contributed by atoms with E-state index in [0.29, 0.717) is 0 Å². The lowest BCUT2D eigenvalue weighted by atomic mass is 10.2. The highest BCUT2D eigenvalue weighted by Crippen LogP contribution is 2.00. The molecule has 0 amide bonds. The first-order valence-electron chi connectivity index (χ1n) is 4.44. The van der Waals surface area contributed by atoms with E-state index < -0.39 is 0 Å². The molecule has 0 aromatic heterocycles. The molecular formula is C9H18N2O. The van der Waals surface area contributed by atoms with E-state index in [1.165, 1.54) is 5.57 Å². The van der Waals surface area contributed by atoms with Crippen molar-refractivity contribution in [1.29, 1.82) is 0 Å². The van der Waals surface area contributed by atoms with E-state index >= 15 is 0 Å². The zero-order valence-corrected chi connectivity index (χ0v) is 7.81. The van der Waals surface area contributed by atoms with E-state index in [2.05, 4.69) is 16.8 Å². The van der Waals surface area contributed by atoms with Gasteiger partial charge < -0.3 is 10.1 Å². The van der Waals surface area contributed by atoms with E-state index in [-0.39, 0.29) is 0 Å². The number of likely N-dealkylation sites (N-methyl/N-ethyl adjacent to an activating group) is 1. The van der Waals surface area contributed by atoms with Crippen molar-refractivity contribution in [3.05, 3.63) is 12.2 Å². The summed E-state index contributed by atoms with van der Waals surface area (Å²) in [6, 6.07) is 0. The smallest absolute Gasteiger partial charge is 0.0594 e. The number of hydrogen-bond donors (Lipinski definition) is 1. The second-order valence-electron chi connectivity index (χ2n) is 3.17. The molecule has 3 nitrogen and oxygen atoms in total. The van der Waals surface area contributed by atoms with Gasteiger partial charge in [0, 0.05) is 26.2 Å². The SMILES string of the molecule is C=C(CNC)CN1CCOCC1. The maximum Gasteiger partial charge on any atom is 0.0594 e. The highest BCUT2D eigenvalue weighted by Gasteiger charge is 2.10. The lowest BCUT2D eigenvalue weighted by molar-refractivity contribution is 0.0421. The van der Waals surface area contributed by atoms with E-state index in [9.17, 15) is 0 Å².